The second-order valence-electron chi connectivity index (χ2n) is 6.73. The Labute approximate surface area is 147 Å². The smallest absolute Gasteiger partial charge is 0.217 e. The lowest BCUT2D eigenvalue weighted by molar-refractivity contribution is -0.119. The molecular formula is C18H26N6O. The van der Waals surface area contributed by atoms with E-state index in [1.54, 1.807) is 7.05 Å². The minimum Gasteiger partial charge on any atom is -0.370 e. The van der Waals surface area contributed by atoms with Crippen LogP contribution in [0.5, 0.6) is 0 Å². The number of aliphatic imine (C=N–C) groups is 1. The first kappa shape index (κ1) is 17.3. The first-order valence-electron chi connectivity index (χ1n) is 8.74. The molecule has 0 saturated carbocycles. The number of hydrogen-bond donors (Lipinski definition) is 3. The number of nitrogens with two attached hydrogens (primary N) is 1. The third-order valence-electron chi connectivity index (χ3n) is 4.62. The molecule has 25 heavy (non-hydrogen) atoms. The van der Waals surface area contributed by atoms with Crippen molar-refractivity contribution >= 4 is 22.9 Å². The normalized spacial score (nSPS) is 18.6. The van der Waals surface area contributed by atoms with Gasteiger partial charge in [-0.15, -0.1) is 0 Å². The number of benzene rings is 1. The minimum atomic E-state index is -0.229. The van der Waals surface area contributed by atoms with Crippen molar-refractivity contribution in [1.29, 1.82) is 0 Å². The molecule has 134 valence electrons. The number of primary amides is 1. The third kappa shape index (κ3) is 4.29. The molecule has 0 bridgehead atoms. The Morgan fingerprint density at radius 3 is 3.12 bits per heavy atom. The lowest BCUT2D eigenvalue weighted by Gasteiger charge is -2.34. The molecule has 4 N–H and O–H groups in total. The van der Waals surface area contributed by atoms with Crippen LogP contribution in [0.15, 0.2) is 23.2 Å². The van der Waals surface area contributed by atoms with Gasteiger partial charge >= 0.3 is 0 Å². The third-order valence-corrected chi connectivity index (χ3v) is 4.62. The molecule has 1 aliphatic rings. The molecular weight excluding hydrogens is 316 g/mol. The van der Waals surface area contributed by atoms with E-state index in [-0.39, 0.29) is 5.91 Å². The number of likely N-dealkylation sites (tertiary alicyclic amines) is 1. The maximum Gasteiger partial charge on any atom is 0.217 e. The summed E-state index contributed by atoms with van der Waals surface area (Å²) in [5.41, 5.74) is 8.57. The van der Waals surface area contributed by atoms with Gasteiger partial charge in [0.25, 0.3) is 0 Å². The van der Waals surface area contributed by atoms with Gasteiger partial charge in [-0.1, -0.05) is 6.07 Å². The number of aromatic amines is 1. The Morgan fingerprint density at radius 2 is 2.36 bits per heavy atom. The molecule has 1 aromatic carbocycles. The van der Waals surface area contributed by atoms with Gasteiger partial charge in [0.1, 0.15) is 5.82 Å². The van der Waals surface area contributed by atoms with Gasteiger partial charge < -0.3 is 20.9 Å². The van der Waals surface area contributed by atoms with Gasteiger partial charge in [-0.3, -0.25) is 9.79 Å². The van der Waals surface area contributed by atoms with E-state index in [2.05, 4.69) is 44.2 Å². The molecule has 7 heteroatoms. The van der Waals surface area contributed by atoms with Crippen molar-refractivity contribution in [2.75, 3.05) is 20.1 Å². The largest absolute Gasteiger partial charge is 0.370 e. The lowest BCUT2D eigenvalue weighted by Crippen LogP contribution is -2.47. The summed E-state index contributed by atoms with van der Waals surface area (Å²) < 4.78 is 0. The molecule has 1 aromatic heterocycles. The van der Waals surface area contributed by atoms with Crippen LogP contribution in [0.4, 0.5) is 0 Å². The fraction of sp³-hybridized carbons (Fsp3) is 0.500. The zero-order valence-electron chi connectivity index (χ0n) is 14.9. The summed E-state index contributed by atoms with van der Waals surface area (Å²) in [5, 5.41) is 3.37. The van der Waals surface area contributed by atoms with Gasteiger partial charge in [-0.2, -0.15) is 0 Å². The standard InChI is InChI=1S/C18H26N6O/c1-12-5-6-14-15(8-12)23-17(22-14)10-21-18(20-2)24-7-3-4-13(11-24)9-16(19)25/h5-6,8,13H,3-4,7,9-11H2,1-2H3,(H2,19,25)(H,20,21)(H,22,23). The molecule has 2 aromatic rings. The summed E-state index contributed by atoms with van der Waals surface area (Å²) in [6.45, 7) is 4.40. The summed E-state index contributed by atoms with van der Waals surface area (Å²) in [4.78, 5) is 25.7. The number of nitrogens with zero attached hydrogens (tertiary/aromatic N) is 3. The Balaban J connectivity index is 1.62. The number of nitrogens with one attached hydrogen (secondary N) is 2. The van der Waals surface area contributed by atoms with Crippen LogP contribution in [-0.2, 0) is 11.3 Å². The molecule has 1 aliphatic heterocycles. The van der Waals surface area contributed by atoms with E-state index in [4.69, 9.17) is 5.73 Å². The molecule has 1 unspecified atom stereocenters. The number of piperidine rings is 1. The zero-order chi connectivity index (χ0) is 17.8. The maximum absolute atomic E-state index is 11.2. The van der Waals surface area contributed by atoms with Crippen LogP contribution in [0, 0.1) is 12.8 Å². The topological polar surface area (TPSA) is 99.4 Å². The van der Waals surface area contributed by atoms with Crippen molar-refractivity contribution in [2.45, 2.75) is 32.7 Å². The molecule has 7 nitrogen and oxygen atoms in total. The minimum absolute atomic E-state index is 0.229. The predicted octanol–water partition coefficient (Wildman–Crippen LogP) is 1.53. The monoisotopic (exact) mass is 342 g/mol. The number of fused-ring (bicyclic) bond motifs is 1. The summed E-state index contributed by atoms with van der Waals surface area (Å²) in [7, 11) is 1.78. The van der Waals surface area contributed by atoms with E-state index in [0.717, 1.165) is 48.7 Å². The number of H-pyrrole nitrogens is 1. The fourth-order valence-electron chi connectivity index (χ4n) is 3.46. The van der Waals surface area contributed by atoms with Gasteiger partial charge in [0.05, 0.1) is 17.6 Å². The molecule has 0 radical (unpaired) electrons. The summed E-state index contributed by atoms with van der Waals surface area (Å²) in [5.74, 6) is 1.80. The molecule has 1 atom stereocenters. The number of rotatable bonds is 4. The molecule has 0 spiro atoms. The van der Waals surface area contributed by atoms with Crippen LogP contribution in [-0.4, -0.2) is 46.9 Å². The van der Waals surface area contributed by atoms with E-state index in [9.17, 15) is 4.79 Å². The van der Waals surface area contributed by atoms with Crippen molar-refractivity contribution in [1.82, 2.24) is 20.2 Å². The number of aromatic nitrogens is 2. The molecule has 1 amide bonds. The van der Waals surface area contributed by atoms with E-state index in [0.29, 0.717) is 18.9 Å². The van der Waals surface area contributed by atoms with Crippen molar-refractivity contribution in [3.8, 4) is 0 Å². The Bertz CT molecular complexity index is 781. The zero-order valence-corrected chi connectivity index (χ0v) is 14.9. The fourth-order valence-corrected chi connectivity index (χ4v) is 3.46. The van der Waals surface area contributed by atoms with Gasteiger partial charge in [0.15, 0.2) is 5.96 Å². The predicted molar refractivity (Wildman–Crippen MR) is 99.1 cm³/mol. The average molecular weight is 342 g/mol. The molecule has 2 heterocycles. The number of hydrogen-bond acceptors (Lipinski definition) is 3. The summed E-state index contributed by atoms with van der Waals surface area (Å²) >= 11 is 0. The second-order valence-corrected chi connectivity index (χ2v) is 6.73. The highest BCUT2D eigenvalue weighted by molar-refractivity contribution is 5.80. The van der Waals surface area contributed by atoms with E-state index in [1.165, 1.54) is 5.56 Å². The highest BCUT2D eigenvalue weighted by Gasteiger charge is 2.23. The number of guanidine groups is 1. The van der Waals surface area contributed by atoms with Gasteiger partial charge in [-0.05, 0) is 43.4 Å². The van der Waals surface area contributed by atoms with E-state index >= 15 is 0 Å². The van der Waals surface area contributed by atoms with Crippen molar-refractivity contribution in [3.63, 3.8) is 0 Å². The van der Waals surface area contributed by atoms with Crippen LogP contribution in [0.2, 0.25) is 0 Å². The second kappa shape index (κ2) is 7.55. The van der Waals surface area contributed by atoms with Crippen molar-refractivity contribution < 1.29 is 4.79 Å². The number of amides is 1. The maximum atomic E-state index is 11.2. The van der Waals surface area contributed by atoms with Crippen LogP contribution < -0.4 is 11.1 Å². The first-order valence-corrected chi connectivity index (χ1v) is 8.74. The quantitative estimate of drug-likeness (QED) is 0.579. The van der Waals surface area contributed by atoms with Gasteiger partial charge in [0.2, 0.25) is 5.91 Å². The molecule has 3 rings (SSSR count). The van der Waals surface area contributed by atoms with Gasteiger partial charge in [-0.25, -0.2) is 4.98 Å². The molecule has 1 fully saturated rings. The Morgan fingerprint density at radius 1 is 1.52 bits per heavy atom. The van der Waals surface area contributed by atoms with Crippen molar-refractivity contribution in [3.05, 3.63) is 29.6 Å². The number of imidazole rings is 1. The highest BCUT2D eigenvalue weighted by Crippen LogP contribution is 2.19. The average Bonchev–Trinajstić information content (AvgIpc) is 2.97. The van der Waals surface area contributed by atoms with Crippen LogP contribution in [0.1, 0.15) is 30.7 Å². The van der Waals surface area contributed by atoms with Crippen LogP contribution >= 0.6 is 0 Å². The highest BCUT2D eigenvalue weighted by atomic mass is 16.1. The first-order chi connectivity index (χ1) is 12.0. The van der Waals surface area contributed by atoms with Crippen molar-refractivity contribution in [2.24, 2.45) is 16.6 Å². The Kier molecular flexibility index (Phi) is 5.21. The summed E-state index contributed by atoms with van der Waals surface area (Å²) in [6, 6.07) is 6.18. The number of carbonyl (C=O) groups is 1. The summed E-state index contributed by atoms with van der Waals surface area (Å²) in [6.07, 6.45) is 2.53. The number of aryl methyl sites for hydroxylation is 1. The van der Waals surface area contributed by atoms with Gasteiger partial charge in [0, 0.05) is 26.6 Å². The van der Waals surface area contributed by atoms with E-state index < -0.39 is 0 Å². The lowest BCUT2D eigenvalue weighted by atomic mass is 9.95. The molecule has 1 saturated heterocycles. The number of carbonyl (C=O) groups excluding carboxylic acids is 1. The van der Waals surface area contributed by atoms with Crippen LogP contribution in [0.25, 0.3) is 11.0 Å². The Hall–Kier alpha value is -2.57. The SMILES string of the molecule is CN=C(NCc1nc2ccc(C)cc2[nH]1)N1CCCC(CC(N)=O)C1. The van der Waals surface area contributed by atoms with E-state index in [1.807, 2.05) is 6.07 Å². The molecule has 0 aliphatic carbocycles. The van der Waals surface area contributed by atoms with Crippen LogP contribution in [0.3, 0.4) is 0 Å².